The minimum absolute atomic E-state index is 0. The molecule has 2 N–H and O–H groups in total. The molecule has 0 saturated carbocycles. The number of rotatable bonds is 6. The Balaban J connectivity index is 0.00000256. The van der Waals surface area contributed by atoms with E-state index < -0.39 is 5.82 Å². The van der Waals surface area contributed by atoms with Crippen LogP contribution in [0.5, 0.6) is 0 Å². The zero-order valence-corrected chi connectivity index (χ0v) is 10.6. The minimum Gasteiger partial charge on any atom is -0.351 e. The van der Waals surface area contributed by atoms with Crippen molar-refractivity contribution in [1.82, 2.24) is 10.6 Å². The molecule has 1 amide bonds. The molecule has 96 valence electrons. The Kier molecular flexibility index (Phi) is 8.36. The van der Waals surface area contributed by atoms with Gasteiger partial charge in [0.1, 0.15) is 5.82 Å². The lowest BCUT2D eigenvalue weighted by atomic mass is 10.2. The summed E-state index contributed by atoms with van der Waals surface area (Å²) in [6.07, 6.45) is 1.07. The molecular weight excluding hydrogens is 243 g/mol. The van der Waals surface area contributed by atoms with Crippen LogP contribution in [0.15, 0.2) is 24.3 Å². The lowest BCUT2D eigenvalue weighted by Gasteiger charge is -2.06. The van der Waals surface area contributed by atoms with E-state index in [1.807, 2.05) is 0 Å². The van der Waals surface area contributed by atoms with Crippen LogP contribution in [0.3, 0.4) is 0 Å². The molecule has 0 bridgehead atoms. The summed E-state index contributed by atoms with van der Waals surface area (Å²) in [5, 5.41) is 5.88. The molecule has 17 heavy (non-hydrogen) atoms. The number of hydrogen-bond acceptors (Lipinski definition) is 2. The molecule has 1 rings (SSSR count). The highest BCUT2D eigenvalue weighted by atomic mass is 35.5. The molecular formula is C12H18ClFN2O. The van der Waals surface area contributed by atoms with Gasteiger partial charge in [0.15, 0.2) is 0 Å². The summed E-state index contributed by atoms with van der Waals surface area (Å²) >= 11 is 0. The molecule has 1 aromatic carbocycles. The van der Waals surface area contributed by atoms with Crippen LogP contribution >= 0.6 is 12.4 Å². The second-order valence-corrected chi connectivity index (χ2v) is 3.52. The number of carbonyl (C=O) groups is 1. The average molecular weight is 261 g/mol. The fourth-order valence-electron chi connectivity index (χ4n) is 1.30. The van der Waals surface area contributed by atoms with Crippen LogP contribution in [0.1, 0.15) is 23.7 Å². The van der Waals surface area contributed by atoms with Gasteiger partial charge >= 0.3 is 0 Å². The number of carbonyl (C=O) groups excluding carboxylic acids is 1. The van der Waals surface area contributed by atoms with Gasteiger partial charge in [0.25, 0.3) is 5.91 Å². The van der Waals surface area contributed by atoms with E-state index in [4.69, 9.17) is 0 Å². The topological polar surface area (TPSA) is 41.1 Å². The Morgan fingerprint density at radius 1 is 1.29 bits per heavy atom. The van der Waals surface area contributed by atoms with Gasteiger partial charge in [-0.1, -0.05) is 13.0 Å². The summed E-state index contributed by atoms with van der Waals surface area (Å²) in [6, 6.07) is 5.67. The average Bonchev–Trinajstić information content (AvgIpc) is 2.28. The maximum absolute atomic E-state index is 12.8. The van der Waals surface area contributed by atoms with Crippen molar-refractivity contribution in [2.75, 3.05) is 19.6 Å². The first-order valence-corrected chi connectivity index (χ1v) is 5.48. The molecule has 0 aromatic heterocycles. The van der Waals surface area contributed by atoms with E-state index in [9.17, 15) is 9.18 Å². The molecule has 0 unspecified atom stereocenters. The highest BCUT2D eigenvalue weighted by molar-refractivity contribution is 5.94. The van der Waals surface area contributed by atoms with E-state index in [2.05, 4.69) is 17.6 Å². The van der Waals surface area contributed by atoms with Gasteiger partial charge in [-0.15, -0.1) is 12.4 Å². The van der Waals surface area contributed by atoms with Crippen molar-refractivity contribution in [2.45, 2.75) is 13.3 Å². The zero-order valence-electron chi connectivity index (χ0n) is 9.83. The number of halogens is 2. The Morgan fingerprint density at radius 2 is 2.06 bits per heavy atom. The van der Waals surface area contributed by atoms with E-state index in [1.165, 1.54) is 18.2 Å². The first kappa shape index (κ1) is 15.9. The van der Waals surface area contributed by atoms with Gasteiger partial charge in [-0.25, -0.2) is 4.39 Å². The van der Waals surface area contributed by atoms with E-state index in [-0.39, 0.29) is 18.3 Å². The van der Waals surface area contributed by atoms with Gasteiger partial charge in [-0.2, -0.15) is 0 Å². The molecule has 3 nitrogen and oxygen atoms in total. The Hall–Kier alpha value is -1.13. The van der Waals surface area contributed by atoms with E-state index in [0.29, 0.717) is 12.1 Å². The van der Waals surface area contributed by atoms with Gasteiger partial charge < -0.3 is 10.6 Å². The van der Waals surface area contributed by atoms with Crippen LogP contribution in [0, 0.1) is 5.82 Å². The van der Waals surface area contributed by atoms with Crippen LogP contribution in [0.25, 0.3) is 0 Å². The summed E-state index contributed by atoms with van der Waals surface area (Å²) in [6.45, 7) is 4.30. The molecule has 0 saturated heterocycles. The van der Waals surface area contributed by atoms with Crippen LogP contribution in [0.2, 0.25) is 0 Å². The highest BCUT2D eigenvalue weighted by Gasteiger charge is 2.04. The van der Waals surface area contributed by atoms with Gasteiger partial charge in [-0.05, 0) is 31.2 Å². The third-order valence-electron chi connectivity index (χ3n) is 2.10. The second kappa shape index (κ2) is 8.96. The van der Waals surface area contributed by atoms with Crippen molar-refractivity contribution >= 4 is 18.3 Å². The molecule has 0 aliphatic heterocycles. The van der Waals surface area contributed by atoms with E-state index in [0.717, 1.165) is 19.5 Å². The van der Waals surface area contributed by atoms with Gasteiger partial charge in [0, 0.05) is 18.7 Å². The first-order valence-electron chi connectivity index (χ1n) is 5.48. The smallest absolute Gasteiger partial charge is 0.251 e. The van der Waals surface area contributed by atoms with Crippen LogP contribution in [-0.2, 0) is 0 Å². The summed E-state index contributed by atoms with van der Waals surface area (Å²) in [4.78, 5) is 11.5. The minimum atomic E-state index is -0.392. The van der Waals surface area contributed by atoms with Crippen molar-refractivity contribution in [3.8, 4) is 0 Å². The third-order valence-corrected chi connectivity index (χ3v) is 2.10. The number of benzene rings is 1. The summed E-state index contributed by atoms with van der Waals surface area (Å²) in [7, 11) is 0. The molecule has 0 spiro atoms. The third kappa shape index (κ3) is 6.24. The predicted octanol–water partition coefficient (Wildman–Crippen LogP) is 1.98. The van der Waals surface area contributed by atoms with Gasteiger partial charge in [0.05, 0.1) is 0 Å². The zero-order chi connectivity index (χ0) is 11.8. The van der Waals surface area contributed by atoms with Crippen LogP contribution in [0.4, 0.5) is 4.39 Å². The molecule has 0 heterocycles. The highest BCUT2D eigenvalue weighted by Crippen LogP contribution is 2.02. The van der Waals surface area contributed by atoms with E-state index in [1.54, 1.807) is 6.07 Å². The largest absolute Gasteiger partial charge is 0.351 e. The molecule has 0 atom stereocenters. The van der Waals surface area contributed by atoms with Crippen molar-refractivity contribution < 1.29 is 9.18 Å². The predicted molar refractivity (Wildman–Crippen MR) is 69.1 cm³/mol. The quantitative estimate of drug-likeness (QED) is 0.768. The lowest BCUT2D eigenvalue weighted by Crippen LogP contribution is -2.32. The number of amides is 1. The number of nitrogens with one attached hydrogen (secondary N) is 2. The molecule has 1 aromatic rings. The molecule has 0 fully saturated rings. The lowest BCUT2D eigenvalue weighted by molar-refractivity contribution is 0.0953. The van der Waals surface area contributed by atoms with Crippen molar-refractivity contribution in [3.63, 3.8) is 0 Å². The van der Waals surface area contributed by atoms with Crippen LogP contribution < -0.4 is 10.6 Å². The SMILES string of the molecule is CCCNCCNC(=O)c1cccc(F)c1.Cl. The maximum Gasteiger partial charge on any atom is 0.251 e. The summed E-state index contributed by atoms with van der Waals surface area (Å²) in [5.74, 6) is -0.630. The summed E-state index contributed by atoms with van der Waals surface area (Å²) < 4.78 is 12.8. The first-order chi connectivity index (χ1) is 7.74. The van der Waals surface area contributed by atoms with Crippen molar-refractivity contribution in [1.29, 1.82) is 0 Å². The normalized spacial score (nSPS) is 9.53. The molecule has 5 heteroatoms. The van der Waals surface area contributed by atoms with Crippen molar-refractivity contribution in [3.05, 3.63) is 35.6 Å². The van der Waals surface area contributed by atoms with Gasteiger partial charge in [0.2, 0.25) is 0 Å². The Morgan fingerprint density at radius 3 is 2.71 bits per heavy atom. The fourth-order valence-corrected chi connectivity index (χ4v) is 1.30. The Labute approximate surface area is 107 Å². The second-order valence-electron chi connectivity index (χ2n) is 3.52. The maximum atomic E-state index is 12.8. The summed E-state index contributed by atoms with van der Waals surface area (Å²) in [5.41, 5.74) is 0.357. The number of hydrogen-bond donors (Lipinski definition) is 2. The van der Waals surface area contributed by atoms with Crippen LogP contribution in [-0.4, -0.2) is 25.5 Å². The van der Waals surface area contributed by atoms with E-state index >= 15 is 0 Å². The monoisotopic (exact) mass is 260 g/mol. The Bertz CT molecular complexity index is 347. The molecule has 0 aliphatic rings. The fraction of sp³-hybridized carbons (Fsp3) is 0.417. The molecule has 0 radical (unpaired) electrons. The molecule has 0 aliphatic carbocycles. The van der Waals surface area contributed by atoms with Crippen molar-refractivity contribution in [2.24, 2.45) is 0 Å². The standard InChI is InChI=1S/C12H17FN2O.ClH/c1-2-6-14-7-8-15-12(16)10-4-3-5-11(13)9-10;/h3-5,9,14H,2,6-8H2,1H3,(H,15,16);1H. The van der Waals surface area contributed by atoms with Gasteiger partial charge in [-0.3, -0.25) is 4.79 Å².